The van der Waals surface area contributed by atoms with Gasteiger partial charge in [0.25, 0.3) is 0 Å². The van der Waals surface area contributed by atoms with E-state index in [1.807, 2.05) is 0 Å². The Morgan fingerprint density at radius 2 is 1.94 bits per heavy atom. The molecule has 0 fully saturated rings. The van der Waals surface area contributed by atoms with Crippen LogP contribution in [-0.2, 0) is 6.42 Å². The number of ether oxygens (including phenoxy) is 2. The zero-order valence-corrected chi connectivity index (χ0v) is 11.0. The highest BCUT2D eigenvalue weighted by Crippen LogP contribution is 2.38. The van der Waals surface area contributed by atoms with E-state index in [4.69, 9.17) is 9.47 Å². The maximum Gasteiger partial charge on any atom is 0.163 e. The molecule has 18 heavy (non-hydrogen) atoms. The maximum atomic E-state index is 5.63. The summed E-state index contributed by atoms with van der Waals surface area (Å²) in [6, 6.07) is 4.74. The number of fused-ring (bicyclic) bond motifs is 2. The molecular formula is C14H20N2O2. The number of nitrogens with one attached hydrogen (secondary N) is 1. The summed E-state index contributed by atoms with van der Waals surface area (Å²) in [5, 5.41) is 3.60. The molecule has 2 heterocycles. The average molecular weight is 248 g/mol. The van der Waals surface area contributed by atoms with Crippen LogP contribution < -0.4 is 14.8 Å². The van der Waals surface area contributed by atoms with Crippen molar-refractivity contribution in [2.24, 2.45) is 0 Å². The molecule has 1 atom stereocenters. The molecule has 0 spiro atoms. The van der Waals surface area contributed by atoms with Crippen LogP contribution >= 0.6 is 0 Å². The summed E-state index contributed by atoms with van der Waals surface area (Å²) in [6.45, 7) is 2.36. The molecule has 98 valence electrons. The van der Waals surface area contributed by atoms with E-state index in [0.29, 0.717) is 19.3 Å². The van der Waals surface area contributed by atoms with Crippen LogP contribution in [0.1, 0.15) is 12.0 Å². The molecule has 1 unspecified atom stereocenters. The molecule has 0 amide bonds. The second kappa shape index (κ2) is 4.69. The Balaban J connectivity index is 1.82. The predicted molar refractivity (Wildman–Crippen MR) is 71.7 cm³/mol. The van der Waals surface area contributed by atoms with Crippen molar-refractivity contribution >= 4 is 5.69 Å². The summed E-state index contributed by atoms with van der Waals surface area (Å²) in [4.78, 5) is 2.22. The molecule has 1 aromatic rings. The van der Waals surface area contributed by atoms with E-state index in [9.17, 15) is 0 Å². The van der Waals surface area contributed by atoms with E-state index in [-0.39, 0.29) is 0 Å². The molecule has 2 aliphatic rings. The first-order valence-corrected chi connectivity index (χ1v) is 6.56. The molecule has 4 heteroatoms. The Hall–Kier alpha value is -1.42. The number of hydrogen-bond acceptors (Lipinski definition) is 4. The molecule has 4 nitrogen and oxygen atoms in total. The summed E-state index contributed by atoms with van der Waals surface area (Å²) in [6.07, 6.45) is 2.28. The minimum absolute atomic E-state index is 0.523. The molecular weight excluding hydrogens is 228 g/mol. The van der Waals surface area contributed by atoms with Crippen molar-refractivity contribution < 1.29 is 9.47 Å². The lowest BCUT2D eigenvalue weighted by atomic mass is 9.97. The Bertz CT molecular complexity index is 446. The number of anilines is 1. The van der Waals surface area contributed by atoms with Gasteiger partial charge in [0.05, 0.1) is 0 Å². The van der Waals surface area contributed by atoms with E-state index in [0.717, 1.165) is 24.5 Å². The Morgan fingerprint density at radius 1 is 1.22 bits per heavy atom. The molecule has 3 rings (SSSR count). The summed E-state index contributed by atoms with van der Waals surface area (Å²) < 4.78 is 11.3. The first kappa shape index (κ1) is 11.7. The predicted octanol–water partition coefficient (Wildman–Crippen LogP) is 1.75. The molecule has 0 aliphatic carbocycles. The lowest BCUT2D eigenvalue weighted by molar-refractivity contribution is 0.171. The Labute approximate surface area is 108 Å². The summed E-state index contributed by atoms with van der Waals surface area (Å²) >= 11 is 0. The van der Waals surface area contributed by atoms with Crippen molar-refractivity contribution in [3.8, 4) is 11.5 Å². The number of benzene rings is 1. The zero-order valence-electron chi connectivity index (χ0n) is 11.0. The van der Waals surface area contributed by atoms with E-state index in [1.54, 1.807) is 0 Å². The molecule has 0 saturated heterocycles. The average Bonchev–Trinajstić information content (AvgIpc) is 2.35. The van der Waals surface area contributed by atoms with Gasteiger partial charge in [-0.1, -0.05) is 0 Å². The van der Waals surface area contributed by atoms with Gasteiger partial charge in [0, 0.05) is 24.3 Å². The standard InChI is InChI=1S/C14H20N2O2/c1-16(2)9-11-4-3-10-7-13-14(8-12(10)15-11)18-6-5-17-13/h7-8,11,15H,3-6,9H2,1-2H3. The monoisotopic (exact) mass is 248 g/mol. The van der Waals surface area contributed by atoms with Crippen LogP contribution in [0.2, 0.25) is 0 Å². The number of likely N-dealkylation sites (N-methyl/N-ethyl adjacent to an activating group) is 1. The van der Waals surface area contributed by atoms with Gasteiger partial charge in [-0.3, -0.25) is 0 Å². The van der Waals surface area contributed by atoms with Crippen molar-refractivity contribution in [1.82, 2.24) is 4.90 Å². The Kier molecular flexibility index (Phi) is 3.04. The molecule has 0 aromatic heterocycles. The van der Waals surface area contributed by atoms with Crippen LogP contribution in [0.3, 0.4) is 0 Å². The van der Waals surface area contributed by atoms with Crippen LogP contribution in [0.25, 0.3) is 0 Å². The number of hydrogen-bond donors (Lipinski definition) is 1. The third-order valence-corrected chi connectivity index (χ3v) is 3.48. The fourth-order valence-electron chi connectivity index (χ4n) is 2.67. The highest BCUT2D eigenvalue weighted by Gasteiger charge is 2.22. The minimum atomic E-state index is 0.523. The number of rotatable bonds is 2. The summed E-state index contributed by atoms with van der Waals surface area (Å²) in [7, 11) is 4.22. The van der Waals surface area contributed by atoms with Crippen molar-refractivity contribution in [1.29, 1.82) is 0 Å². The van der Waals surface area contributed by atoms with Gasteiger partial charge in [-0.25, -0.2) is 0 Å². The molecule has 1 N–H and O–H groups in total. The van der Waals surface area contributed by atoms with Gasteiger partial charge in [0.15, 0.2) is 11.5 Å². The van der Waals surface area contributed by atoms with Crippen LogP contribution in [0.5, 0.6) is 11.5 Å². The van der Waals surface area contributed by atoms with Gasteiger partial charge in [-0.15, -0.1) is 0 Å². The largest absolute Gasteiger partial charge is 0.486 e. The highest BCUT2D eigenvalue weighted by molar-refractivity contribution is 5.62. The normalized spacial score (nSPS) is 21.4. The third-order valence-electron chi connectivity index (χ3n) is 3.48. The van der Waals surface area contributed by atoms with Gasteiger partial charge in [0.2, 0.25) is 0 Å². The third kappa shape index (κ3) is 2.25. The lowest BCUT2D eigenvalue weighted by Crippen LogP contribution is -2.35. The van der Waals surface area contributed by atoms with E-state index < -0.39 is 0 Å². The van der Waals surface area contributed by atoms with Crippen LogP contribution in [0.4, 0.5) is 5.69 Å². The topological polar surface area (TPSA) is 33.7 Å². The maximum absolute atomic E-state index is 5.63. The van der Waals surface area contributed by atoms with E-state index in [1.165, 1.54) is 17.7 Å². The summed E-state index contributed by atoms with van der Waals surface area (Å²) in [5.74, 6) is 1.77. The van der Waals surface area contributed by atoms with Gasteiger partial charge < -0.3 is 19.7 Å². The molecule has 0 bridgehead atoms. The fraction of sp³-hybridized carbons (Fsp3) is 0.571. The van der Waals surface area contributed by atoms with E-state index >= 15 is 0 Å². The number of aryl methyl sites for hydroxylation is 1. The molecule has 0 saturated carbocycles. The minimum Gasteiger partial charge on any atom is -0.486 e. The van der Waals surface area contributed by atoms with Crippen molar-refractivity contribution in [3.05, 3.63) is 17.7 Å². The smallest absolute Gasteiger partial charge is 0.163 e. The molecule has 2 aliphatic heterocycles. The first-order valence-electron chi connectivity index (χ1n) is 6.56. The zero-order chi connectivity index (χ0) is 12.5. The molecule has 0 radical (unpaired) electrons. The van der Waals surface area contributed by atoms with Crippen molar-refractivity contribution in [2.75, 3.05) is 39.2 Å². The van der Waals surface area contributed by atoms with Gasteiger partial charge in [0.1, 0.15) is 13.2 Å². The van der Waals surface area contributed by atoms with Crippen molar-refractivity contribution in [3.63, 3.8) is 0 Å². The summed E-state index contributed by atoms with van der Waals surface area (Å²) in [5.41, 5.74) is 2.55. The first-order chi connectivity index (χ1) is 8.72. The van der Waals surface area contributed by atoms with Crippen LogP contribution in [0.15, 0.2) is 12.1 Å². The van der Waals surface area contributed by atoms with Crippen LogP contribution in [-0.4, -0.2) is 44.8 Å². The Morgan fingerprint density at radius 3 is 2.67 bits per heavy atom. The second-order valence-electron chi connectivity index (χ2n) is 5.30. The van der Waals surface area contributed by atoms with Gasteiger partial charge >= 0.3 is 0 Å². The van der Waals surface area contributed by atoms with Gasteiger partial charge in [-0.2, -0.15) is 0 Å². The van der Waals surface area contributed by atoms with Crippen molar-refractivity contribution in [2.45, 2.75) is 18.9 Å². The highest BCUT2D eigenvalue weighted by atomic mass is 16.6. The van der Waals surface area contributed by atoms with E-state index in [2.05, 4.69) is 36.4 Å². The molecule has 1 aromatic carbocycles. The van der Waals surface area contributed by atoms with Gasteiger partial charge in [-0.05, 0) is 38.6 Å². The number of nitrogens with zero attached hydrogens (tertiary/aromatic N) is 1. The lowest BCUT2D eigenvalue weighted by Gasteiger charge is -2.30. The quantitative estimate of drug-likeness (QED) is 0.864. The van der Waals surface area contributed by atoms with Crippen LogP contribution in [0, 0.1) is 0 Å². The fourth-order valence-corrected chi connectivity index (χ4v) is 2.67. The SMILES string of the molecule is CN(C)CC1CCc2cc3c(cc2N1)OCCO3. The second-order valence-corrected chi connectivity index (χ2v) is 5.30.